The zero-order chi connectivity index (χ0) is 10.8. The Hall–Kier alpha value is -2.35. The smallest absolute Gasteiger partial charge is 0.372 e. The van der Waals surface area contributed by atoms with E-state index in [0.717, 1.165) is 0 Å². The third-order valence-corrected chi connectivity index (χ3v) is 2.05. The van der Waals surface area contributed by atoms with Crippen molar-refractivity contribution in [3.8, 4) is 6.07 Å². The van der Waals surface area contributed by atoms with Crippen LogP contribution in [0.1, 0.15) is 5.56 Å². The van der Waals surface area contributed by atoms with Crippen LogP contribution in [0.15, 0.2) is 32.2 Å². The van der Waals surface area contributed by atoms with Crippen LogP contribution < -0.4 is 11.4 Å². The summed E-state index contributed by atoms with van der Waals surface area (Å²) in [4.78, 5) is 24.7. The van der Waals surface area contributed by atoms with Crippen LogP contribution in [0.4, 0.5) is 0 Å². The van der Waals surface area contributed by atoms with Crippen molar-refractivity contribution in [2.45, 2.75) is 6.42 Å². The Morgan fingerprint density at radius 3 is 2.93 bits per heavy atom. The van der Waals surface area contributed by atoms with Gasteiger partial charge in [-0.25, -0.2) is 9.59 Å². The Bertz CT molecular complexity index is 661. The zero-order valence-electron chi connectivity index (χ0n) is 7.61. The van der Waals surface area contributed by atoms with E-state index in [1.165, 1.54) is 0 Å². The molecule has 0 aliphatic carbocycles. The first-order valence-corrected chi connectivity index (χ1v) is 4.24. The molecule has 0 radical (unpaired) electrons. The van der Waals surface area contributed by atoms with E-state index in [1.807, 2.05) is 6.07 Å². The van der Waals surface area contributed by atoms with Gasteiger partial charge >= 0.3 is 11.4 Å². The summed E-state index contributed by atoms with van der Waals surface area (Å²) < 4.78 is 4.40. The van der Waals surface area contributed by atoms with E-state index >= 15 is 0 Å². The van der Waals surface area contributed by atoms with Crippen LogP contribution >= 0.6 is 0 Å². The summed E-state index contributed by atoms with van der Waals surface area (Å²) in [5.74, 6) is -0.790. The number of fused-ring (bicyclic) bond motifs is 1. The number of nitrogens with one attached hydrogen (secondary N) is 1. The second-order valence-corrected chi connectivity index (χ2v) is 2.98. The third-order valence-electron chi connectivity index (χ3n) is 2.05. The average molecular weight is 202 g/mol. The predicted molar refractivity (Wildman–Crippen MR) is 52.4 cm³/mol. The van der Waals surface area contributed by atoms with Gasteiger partial charge in [0.1, 0.15) is 0 Å². The third kappa shape index (κ3) is 1.53. The summed E-state index contributed by atoms with van der Waals surface area (Å²) >= 11 is 0. The molecule has 1 N–H and O–H groups in total. The Morgan fingerprint density at radius 1 is 1.40 bits per heavy atom. The van der Waals surface area contributed by atoms with Crippen LogP contribution in [-0.4, -0.2) is 4.98 Å². The molecule has 0 spiro atoms. The molecule has 5 nitrogen and oxygen atoms in total. The van der Waals surface area contributed by atoms with Gasteiger partial charge in [0.15, 0.2) is 0 Å². The summed E-state index contributed by atoms with van der Waals surface area (Å²) in [5.41, 5.74) is 0.239. The van der Waals surface area contributed by atoms with Crippen molar-refractivity contribution >= 4 is 10.9 Å². The molecule has 1 aromatic carbocycles. The predicted octanol–water partition coefficient (Wildman–Crippen LogP) is 0.547. The maximum absolute atomic E-state index is 11.4. The van der Waals surface area contributed by atoms with Crippen molar-refractivity contribution in [1.82, 2.24) is 4.98 Å². The lowest BCUT2D eigenvalue weighted by molar-refractivity contribution is 0.460. The first-order chi connectivity index (χ1) is 7.22. The maximum atomic E-state index is 11.4. The number of aromatic amines is 1. The highest BCUT2D eigenvalue weighted by Crippen LogP contribution is 2.11. The highest BCUT2D eigenvalue weighted by Gasteiger charge is 2.07. The molecule has 2 aromatic rings. The molecule has 1 heterocycles. The van der Waals surface area contributed by atoms with E-state index in [0.29, 0.717) is 11.1 Å². The Kier molecular flexibility index (Phi) is 2.10. The van der Waals surface area contributed by atoms with Crippen molar-refractivity contribution in [3.63, 3.8) is 0 Å². The molecule has 0 aliphatic heterocycles. The number of hydrogen-bond donors (Lipinski definition) is 1. The van der Waals surface area contributed by atoms with Crippen molar-refractivity contribution in [1.29, 1.82) is 5.26 Å². The second-order valence-electron chi connectivity index (χ2n) is 2.98. The molecule has 0 unspecified atom stereocenters. The van der Waals surface area contributed by atoms with Gasteiger partial charge in [0.05, 0.1) is 23.4 Å². The molecule has 0 amide bonds. The summed E-state index contributed by atoms with van der Waals surface area (Å²) in [6, 6.07) is 6.86. The lowest BCUT2D eigenvalue weighted by Gasteiger charge is -1.99. The van der Waals surface area contributed by atoms with Gasteiger partial charge in [-0.05, 0) is 11.6 Å². The van der Waals surface area contributed by atoms with Gasteiger partial charge in [-0.15, -0.1) is 0 Å². The van der Waals surface area contributed by atoms with Crippen molar-refractivity contribution in [3.05, 3.63) is 44.7 Å². The average Bonchev–Trinajstić information content (AvgIpc) is 2.17. The number of hydrogen-bond acceptors (Lipinski definition) is 4. The van der Waals surface area contributed by atoms with Gasteiger partial charge in [-0.1, -0.05) is 12.1 Å². The number of aromatic nitrogens is 1. The summed E-state index contributed by atoms with van der Waals surface area (Å²) in [7, 11) is 0. The first kappa shape index (κ1) is 9.21. The number of rotatable bonds is 1. The molecule has 0 saturated carbocycles. The standard InChI is InChI=1S/C10H6N2O3/c11-5-4-6-2-1-3-7-8(6)9(13)15-10(14)12-7/h1-3H,4H2,(H,12,14). The van der Waals surface area contributed by atoms with E-state index in [2.05, 4.69) is 9.40 Å². The van der Waals surface area contributed by atoms with Crippen LogP contribution in [0.25, 0.3) is 10.9 Å². The minimum Gasteiger partial charge on any atom is -0.372 e. The highest BCUT2D eigenvalue weighted by atomic mass is 16.4. The Balaban J connectivity index is 2.93. The summed E-state index contributed by atoms with van der Waals surface area (Å²) in [5, 5.41) is 8.83. The van der Waals surface area contributed by atoms with Crippen molar-refractivity contribution in [2.75, 3.05) is 0 Å². The van der Waals surface area contributed by atoms with Crippen LogP contribution in [0.2, 0.25) is 0 Å². The Labute approximate surface area is 83.6 Å². The normalized spacial score (nSPS) is 10.1. The fraction of sp³-hybridized carbons (Fsp3) is 0.100. The second kappa shape index (κ2) is 3.42. The van der Waals surface area contributed by atoms with E-state index in [9.17, 15) is 9.59 Å². The molecule has 0 bridgehead atoms. The van der Waals surface area contributed by atoms with Gasteiger partial charge < -0.3 is 4.42 Å². The van der Waals surface area contributed by atoms with Crippen molar-refractivity contribution < 1.29 is 4.42 Å². The van der Waals surface area contributed by atoms with Gasteiger partial charge in [-0.3, -0.25) is 4.98 Å². The van der Waals surface area contributed by atoms with Crippen LogP contribution in [0.5, 0.6) is 0 Å². The molecule has 0 saturated heterocycles. The SMILES string of the molecule is N#CCc1cccc2[nH]c(=O)oc(=O)c12. The molecule has 0 fully saturated rings. The van der Waals surface area contributed by atoms with Crippen LogP contribution in [0, 0.1) is 11.3 Å². The van der Waals surface area contributed by atoms with Gasteiger partial charge in [-0.2, -0.15) is 5.26 Å². The fourth-order valence-corrected chi connectivity index (χ4v) is 1.45. The largest absolute Gasteiger partial charge is 0.419 e. The summed E-state index contributed by atoms with van der Waals surface area (Å²) in [6.07, 6.45) is 0.105. The van der Waals surface area contributed by atoms with E-state index in [4.69, 9.17) is 5.26 Å². The quantitative estimate of drug-likeness (QED) is 0.731. The molecular weight excluding hydrogens is 196 g/mol. The number of nitriles is 1. The molecule has 2 rings (SSSR count). The minimum atomic E-state index is -0.790. The topological polar surface area (TPSA) is 86.9 Å². The molecule has 15 heavy (non-hydrogen) atoms. The highest BCUT2D eigenvalue weighted by molar-refractivity contribution is 5.80. The van der Waals surface area contributed by atoms with Crippen LogP contribution in [0.3, 0.4) is 0 Å². The Morgan fingerprint density at radius 2 is 2.20 bits per heavy atom. The molecule has 5 heteroatoms. The van der Waals surface area contributed by atoms with Crippen molar-refractivity contribution in [2.24, 2.45) is 0 Å². The van der Waals surface area contributed by atoms with E-state index < -0.39 is 11.4 Å². The van der Waals surface area contributed by atoms with Gasteiger partial charge in [0.2, 0.25) is 0 Å². The molecule has 0 atom stereocenters. The van der Waals surface area contributed by atoms with Gasteiger partial charge in [0.25, 0.3) is 0 Å². The van der Waals surface area contributed by atoms with E-state index in [-0.39, 0.29) is 11.8 Å². The number of H-pyrrole nitrogens is 1. The summed E-state index contributed by atoms with van der Waals surface area (Å²) in [6.45, 7) is 0. The minimum absolute atomic E-state index is 0.105. The first-order valence-electron chi connectivity index (χ1n) is 4.24. The fourth-order valence-electron chi connectivity index (χ4n) is 1.45. The lowest BCUT2D eigenvalue weighted by atomic mass is 10.1. The zero-order valence-corrected chi connectivity index (χ0v) is 7.61. The van der Waals surface area contributed by atoms with Gasteiger partial charge in [0, 0.05) is 0 Å². The molecular formula is C10H6N2O3. The number of nitrogens with zero attached hydrogens (tertiary/aromatic N) is 1. The monoisotopic (exact) mass is 202 g/mol. The molecule has 74 valence electrons. The van der Waals surface area contributed by atoms with E-state index in [1.54, 1.807) is 18.2 Å². The molecule has 0 aliphatic rings. The maximum Gasteiger partial charge on any atom is 0.419 e. The van der Waals surface area contributed by atoms with Crippen LogP contribution in [-0.2, 0) is 6.42 Å². The number of benzene rings is 1. The molecule has 1 aromatic heterocycles. The lowest BCUT2D eigenvalue weighted by Crippen LogP contribution is -2.15.